The average Bonchev–Trinajstić information content (AvgIpc) is 3.00. The van der Waals surface area contributed by atoms with Gasteiger partial charge in [0.05, 0.1) is 17.8 Å². The minimum atomic E-state index is -0.208. The number of rotatable bonds is 3. The minimum absolute atomic E-state index is 0.0692. The van der Waals surface area contributed by atoms with Gasteiger partial charge in [-0.05, 0) is 25.0 Å². The van der Waals surface area contributed by atoms with E-state index < -0.39 is 0 Å². The van der Waals surface area contributed by atoms with E-state index in [9.17, 15) is 9.59 Å². The summed E-state index contributed by atoms with van der Waals surface area (Å²) >= 11 is 0. The molecule has 1 fully saturated rings. The van der Waals surface area contributed by atoms with E-state index in [4.69, 9.17) is 0 Å². The van der Waals surface area contributed by atoms with Gasteiger partial charge in [0.15, 0.2) is 0 Å². The van der Waals surface area contributed by atoms with Gasteiger partial charge in [-0.1, -0.05) is 18.2 Å². The molecule has 2 N–H and O–H groups in total. The largest absolute Gasteiger partial charge is 0.324 e. The Labute approximate surface area is 140 Å². The smallest absolute Gasteiger partial charge is 0.321 e. The van der Waals surface area contributed by atoms with Crippen LogP contribution in [0.25, 0.3) is 0 Å². The Morgan fingerprint density at radius 1 is 1.17 bits per heavy atom. The number of nitrogens with one attached hydrogen (secondary N) is 2. The van der Waals surface area contributed by atoms with Gasteiger partial charge < -0.3 is 15.5 Å². The molecule has 0 radical (unpaired) electrons. The first-order chi connectivity index (χ1) is 11.6. The van der Waals surface area contributed by atoms with Gasteiger partial charge in [-0.15, -0.1) is 0 Å². The summed E-state index contributed by atoms with van der Waals surface area (Å²) in [6, 6.07) is 9.16. The van der Waals surface area contributed by atoms with Crippen LogP contribution in [0.1, 0.15) is 12.8 Å². The van der Waals surface area contributed by atoms with E-state index in [-0.39, 0.29) is 17.9 Å². The number of benzene rings is 1. The van der Waals surface area contributed by atoms with Crippen LogP contribution in [0.3, 0.4) is 0 Å². The van der Waals surface area contributed by atoms with E-state index in [0.29, 0.717) is 18.8 Å². The highest BCUT2D eigenvalue weighted by Crippen LogP contribution is 2.19. The molecule has 0 saturated carbocycles. The molecule has 1 aliphatic rings. The van der Waals surface area contributed by atoms with Gasteiger partial charge in [-0.2, -0.15) is 5.10 Å². The summed E-state index contributed by atoms with van der Waals surface area (Å²) in [6.07, 6.45) is 4.95. The maximum atomic E-state index is 12.4. The Bertz CT molecular complexity index is 713. The van der Waals surface area contributed by atoms with Crippen molar-refractivity contribution in [3.63, 3.8) is 0 Å². The first-order valence-electron chi connectivity index (χ1n) is 8.02. The Morgan fingerprint density at radius 3 is 2.67 bits per heavy atom. The van der Waals surface area contributed by atoms with Gasteiger partial charge in [-0.25, -0.2) is 4.79 Å². The second kappa shape index (κ2) is 7.16. The van der Waals surface area contributed by atoms with Crippen LogP contribution in [0.5, 0.6) is 0 Å². The Balaban J connectivity index is 1.57. The van der Waals surface area contributed by atoms with Crippen molar-refractivity contribution in [2.75, 3.05) is 23.7 Å². The number of carbonyl (C=O) groups is 2. The number of likely N-dealkylation sites (tertiary alicyclic amines) is 1. The summed E-state index contributed by atoms with van der Waals surface area (Å²) in [6.45, 7) is 1.08. The first-order valence-corrected chi connectivity index (χ1v) is 8.02. The predicted molar refractivity (Wildman–Crippen MR) is 91.6 cm³/mol. The van der Waals surface area contributed by atoms with Crippen LogP contribution in [-0.4, -0.2) is 39.7 Å². The predicted octanol–water partition coefficient (Wildman–Crippen LogP) is 2.30. The van der Waals surface area contributed by atoms with Crippen LogP contribution in [0, 0.1) is 5.92 Å². The van der Waals surface area contributed by atoms with Gasteiger partial charge in [0, 0.05) is 32.0 Å². The molecule has 7 nitrogen and oxygen atoms in total. The molecule has 0 unspecified atom stereocenters. The Hall–Kier alpha value is -2.83. The fraction of sp³-hybridized carbons (Fsp3) is 0.353. The molecule has 1 aromatic heterocycles. The highest BCUT2D eigenvalue weighted by molar-refractivity contribution is 5.94. The molecule has 3 rings (SSSR count). The number of urea groups is 1. The van der Waals surface area contributed by atoms with Gasteiger partial charge in [0.1, 0.15) is 0 Å². The van der Waals surface area contributed by atoms with Crippen molar-refractivity contribution in [1.29, 1.82) is 0 Å². The zero-order valence-corrected chi connectivity index (χ0v) is 13.6. The summed E-state index contributed by atoms with van der Waals surface area (Å²) in [7, 11) is 1.80. The van der Waals surface area contributed by atoms with E-state index in [1.54, 1.807) is 29.0 Å². The first kappa shape index (κ1) is 16.0. The molecule has 7 heteroatoms. The summed E-state index contributed by atoms with van der Waals surface area (Å²) in [5, 5.41) is 9.76. The lowest BCUT2D eigenvalue weighted by Crippen LogP contribution is -2.45. The molecule has 126 valence electrons. The molecule has 1 saturated heterocycles. The summed E-state index contributed by atoms with van der Waals surface area (Å²) in [4.78, 5) is 26.5. The van der Waals surface area contributed by atoms with E-state index in [2.05, 4.69) is 15.7 Å². The SMILES string of the molecule is Cn1cc(NC(=O)[C@@H]2CCCN(C(=O)Nc3ccccc3)C2)cn1. The third-order valence-electron chi connectivity index (χ3n) is 4.08. The zero-order chi connectivity index (χ0) is 16.9. The van der Waals surface area contributed by atoms with Crippen LogP contribution in [-0.2, 0) is 11.8 Å². The van der Waals surface area contributed by atoms with Gasteiger partial charge in [0.25, 0.3) is 0 Å². The topological polar surface area (TPSA) is 79.3 Å². The number of amides is 3. The number of piperidine rings is 1. The molecule has 0 spiro atoms. The van der Waals surface area contributed by atoms with Crippen LogP contribution < -0.4 is 10.6 Å². The number of carbonyl (C=O) groups excluding carboxylic acids is 2. The Kier molecular flexibility index (Phi) is 4.79. The summed E-state index contributed by atoms with van der Waals surface area (Å²) in [5.41, 5.74) is 1.43. The molecule has 1 aromatic carbocycles. The number of para-hydroxylation sites is 1. The third-order valence-corrected chi connectivity index (χ3v) is 4.08. The molecule has 2 heterocycles. The molecule has 24 heavy (non-hydrogen) atoms. The maximum absolute atomic E-state index is 12.4. The van der Waals surface area contributed by atoms with Crippen molar-refractivity contribution < 1.29 is 9.59 Å². The minimum Gasteiger partial charge on any atom is -0.324 e. The fourth-order valence-corrected chi connectivity index (χ4v) is 2.83. The fourth-order valence-electron chi connectivity index (χ4n) is 2.83. The number of anilines is 2. The van der Waals surface area contributed by atoms with E-state index in [1.165, 1.54) is 0 Å². The highest BCUT2D eigenvalue weighted by atomic mass is 16.2. The number of nitrogens with zero attached hydrogens (tertiary/aromatic N) is 3. The van der Waals surface area contributed by atoms with E-state index in [0.717, 1.165) is 18.5 Å². The van der Waals surface area contributed by atoms with Gasteiger partial charge in [-0.3, -0.25) is 9.48 Å². The van der Waals surface area contributed by atoms with Gasteiger partial charge >= 0.3 is 6.03 Å². The summed E-state index contributed by atoms with van der Waals surface area (Å²) < 4.78 is 1.64. The lowest BCUT2D eigenvalue weighted by molar-refractivity contribution is -0.121. The Morgan fingerprint density at radius 2 is 1.96 bits per heavy atom. The van der Waals surface area contributed by atoms with Crippen LogP contribution in [0.15, 0.2) is 42.7 Å². The summed E-state index contributed by atoms with van der Waals surface area (Å²) in [5.74, 6) is -0.277. The third kappa shape index (κ3) is 3.92. The van der Waals surface area contributed by atoms with Crippen molar-refractivity contribution in [2.45, 2.75) is 12.8 Å². The normalized spacial score (nSPS) is 17.4. The van der Waals surface area contributed by atoms with Crippen LogP contribution in [0.4, 0.5) is 16.2 Å². The van der Waals surface area contributed by atoms with Crippen molar-refractivity contribution in [2.24, 2.45) is 13.0 Å². The van der Waals surface area contributed by atoms with Crippen LogP contribution in [0.2, 0.25) is 0 Å². The maximum Gasteiger partial charge on any atom is 0.321 e. The molecular formula is C17H21N5O2. The molecule has 1 aliphatic heterocycles. The number of aryl methyl sites for hydroxylation is 1. The number of hydrogen-bond acceptors (Lipinski definition) is 3. The second-order valence-electron chi connectivity index (χ2n) is 5.97. The van der Waals surface area contributed by atoms with Crippen molar-refractivity contribution >= 4 is 23.3 Å². The van der Waals surface area contributed by atoms with Crippen molar-refractivity contribution in [3.05, 3.63) is 42.7 Å². The quantitative estimate of drug-likeness (QED) is 0.908. The average molecular weight is 327 g/mol. The number of hydrogen-bond donors (Lipinski definition) is 2. The zero-order valence-electron chi connectivity index (χ0n) is 13.6. The molecule has 1 atom stereocenters. The molecule has 3 amide bonds. The molecular weight excluding hydrogens is 306 g/mol. The molecule has 0 bridgehead atoms. The molecule has 0 aliphatic carbocycles. The van der Waals surface area contributed by atoms with Gasteiger partial charge in [0.2, 0.25) is 5.91 Å². The lowest BCUT2D eigenvalue weighted by Gasteiger charge is -2.32. The van der Waals surface area contributed by atoms with Crippen LogP contribution >= 0.6 is 0 Å². The highest BCUT2D eigenvalue weighted by Gasteiger charge is 2.28. The monoisotopic (exact) mass is 327 g/mol. The lowest BCUT2D eigenvalue weighted by atomic mass is 9.97. The number of aromatic nitrogens is 2. The van der Waals surface area contributed by atoms with E-state index in [1.807, 2.05) is 30.3 Å². The van der Waals surface area contributed by atoms with E-state index >= 15 is 0 Å². The molecule has 2 aromatic rings. The van der Waals surface area contributed by atoms with Crippen molar-refractivity contribution in [3.8, 4) is 0 Å². The second-order valence-corrected chi connectivity index (χ2v) is 5.97. The van der Waals surface area contributed by atoms with Crippen molar-refractivity contribution in [1.82, 2.24) is 14.7 Å². The standard InChI is InChI=1S/C17H21N5O2/c1-21-12-15(10-18-21)19-16(23)13-6-5-9-22(11-13)17(24)20-14-7-3-2-4-8-14/h2-4,7-8,10,12-13H,5-6,9,11H2,1H3,(H,19,23)(H,20,24)/t13-/m1/s1.